The maximum absolute atomic E-state index is 12.0. The molecule has 1 aliphatic carbocycles. The molecule has 0 aromatic carbocycles. The lowest BCUT2D eigenvalue weighted by Gasteiger charge is -2.43. The van der Waals surface area contributed by atoms with Gasteiger partial charge < -0.3 is 10.1 Å². The largest absolute Gasteiger partial charge is 0.367 e. The Hall–Kier alpha value is -0.900. The number of carbonyl (C=O) groups excluding carboxylic acids is 1. The highest BCUT2D eigenvalue weighted by Crippen LogP contribution is 2.43. The number of hydrogen-bond acceptors (Lipinski definition) is 3. The molecular formula is C16H28N2O2. The van der Waals surface area contributed by atoms with Crippen LogP contribution in [0.4, 0.5) is 0 Å². The molecule has 114 valence electrons. The molecule has 0 aromatic heterocycles. The number of amidine groups is 1. The molecule has 0 saturated heterocycles. The molecule has 0 aromatic rings. The van der Waals surface area contributed by atoms with Crippen LogP contribution in [0.2, 0.25) is 0 Å². The first-order valence-corrected chi connectivity index (χ1v) is 7.95. The van der Waals surface area contributed by atoms with Gasteiger partial charge in [0.2, 0.25) is 5.91 Å². The highest BCUT2D eigenvalue weighted by atomic mass is 16.5. The fraction of sp³-hybridized carbons (Fsp3) is 0.875. The number of nitrogens with one attached hydrogen (secondary N) is 1. The molecule has 1 saturated carbocycles. The fourth-order valence-electron chi connectivity index (χ4n) is 3.20. The SMILES string of the molecule is CCCC1N=C(C2(OCC)CCC(C)(C)CC2)NC1=O. The first-order chi connectivity index (χ1) is 9.42. The van der Waals surface area contributed by atoms with Gasteiger partial charge in [0.15, 0.2) is 0 Å². The zero-order chi connectivity index (χ0) is 14.8. The van der Waals surface area contributed by atoms with Crippen molar-refractivity contribution in [2.75, 3.05) is 6.61 Å². The molecule has 1 amide bonds. The lowest BCUT2D eigenvalue weighted by Crippen LogP contribution is -2.51. The highest BCUT2D eigenvalue weighted by molar-refractivity contribution is 6.09. The van der Waals surface area contributed by atoms with Crippen LogP contribution in [-0.2, 0) is 9.53 Å². The van der Waals surface area contributed by atoms with E-state index in [2.05, 4.69) is 31.1 Å². The summed E-state index contributed by atoms with van der Waals surface area (Å²) >= 11 is 0. The van der Waals surface area contributed by atoms with E-state index in [0.29, 0.717) is 12.0 Å². The molecule has 0 spiro atoms. The number of nitrogens with zero attached hydrogens (tertiary/aromatic N) is 1. The van der Waals surface area contributed by atoms with Crippen LogP contribution in [0.1, 0.15) is 66.2 Å². The molecule has 4 nitrogen and oxygen atoms in total. The topological polar surface area (TPSA) is 50.7 Å². The monoisotopic (exact) mass is 280 g/mol. The second-order valence-electron chi connectivity index (χ2n) is 6.86. The van der Waals surface area contributed by atoms with Crippen molar-refractivity contribution in [2.24, 2.45) is 10.4 Å². The van der Waals surface area contributed by atoms with Crippen LogP contribution in [-0.4, -0.2) is 30.0 Å². The third kappa shape index (κ3) is 3.05. The van der Waals surface area contributed by atoms with E-state index in [9.17, 15) is 4.79 Å². The van der Waals surface area contributed by atoms with Gasteiger partial charge in [0.1, 0.15) is 17.5 Å². The van der Waals surface area contributed by atoms with E-state index in [0.717, 1.165) is 44.4 Å². The standard InChI is InChI=1S/C16H28N2O2/c1-5-7-12-13(19)18-14(17-12)16(20-6-2)10-8-15(3,4)9-11-16/h12H,5-11H2,1-4H3,(H,17,18,19). The van der Waals surface area contributed by atoms with Crippen molar-refractivity contribution in [1.29, 1.82) is 0 Å². The first-order valence-electron chi connectivity index (χ1n) is 7.95. The molecule has 0 radical (unpaired) electrons. The fourth-order valence-corrected chi connectivity index (χ4v) is 3.20. The minimum absolute atomic E-state index is 0.0470. The second-order valence-corrected chi connectivity index (χ2v) is 6.86. The van der Waals surface area contributed by atoms with E-state index in [1.165, 1.54) is 0 Å². The number of hydrogen-bond donors (Lipinski definition) is 1. The molecule has 2 rings (SSSR count). The van der Waals surface area contributed by atoms with Crippen molar-refractivity contribution >= 4 is 11.7 Å². The molecule has 20 heavy (non-hydrogen) atoms. The Bertz CT molecular complexity index is 391. The summed E-state index contributed by atoms with van der Waals surface area (Å²) < 4.78 is 6.08. The maximum atomic E-state index is 12.0. The Labute approximate surface area is 122 Å². The molecular weight excluding hydrogens is 252 g/mol. The summed E-state index contributed by atoms with van der Waals surface area (Å²) in [7, 11) is 0. The molecule has 2 aliphatic rings. The van der Waals surface area contributed by atoms with Gasteiger partial charge in [-0.05, 0) is 44.4 Å². The van der Waals surface area contributed by atoms with E-state index in [4.69, 9.17) is 4.74 Å². The van der Waals surface area contributed by atoms with Crippen molar-refractivity contribution in [3.05, 3.63) is 0 Å². The molecule has 1 fully saturated rings. The summed E-state index contributed by atoms with van der Waals surface area (Å²) in [5.41, 5.74) is 0.00894. The Morgan fingerprint density at radius 3 is 2.45 bits per heavy atom. The average molecular weight is 280 g/mol. The van der Waals surface area contributed by atoms with Crippen LogP contribution in [0.5, 0.6) is 0 Å². The number of aliphatic imine (C=N–C) groups is 1. The lowest BCUT2D eigenvalue weighted by molar-refractivity contribution is -0.120. The van der Waals surface area contributed by atoms with Crippen LogP contribution in [0.3, 0.4) is 0 Å². The van der Waals surface area contributed by atoms with Crippen LogP contribution in [0.25, 0.3) is 0 Å². The Balaban J connectivity index is 2.17. The zero-order valence-corrected chi connectivity index (χ0v) is 13.3. The van der Waals surface area contributed by atoms with E-state index in [1.54, 1.807) is 0 Å². The number of ether oxygens (including phenoxy) is 1. The highest BCUT2D eigenvalue weighted by Gasteiger charge is 2.46. The second kappa shape index (κ2) is 5.84. The number of carbonyl (C=O) groups is 1. The number of rotatable bonds is 5. The average Bonchev–Trinajstić information content (AvgIpc) is 2.75. The predicted molar refractivity (Wildman–Crippen MR) is 80.9 cm³/mol. The zero-order valence-electron chi connectivity index (χ0n) is 13.3. The van der Waals surface area contributed by atoms with Crippen LogP contribution >= 0.6 is 0 Å². The molecule has 4 heteroatoms. The van der Waals surface area contributed by atoms with Gasteiger partial charge in [-0.15, -0.1) is 0 Å². The van der Waals surface area contributed by atoms with Gasteiger partial charge in [0.05, 0.1) is 0 Å². The lowest BCUT2D eigenvalue weighted by atomic mass is 9.70. The van der Waals surface area contributed by atoms with Gasteiger partial charge in [-0.1, -0.05) is 27.2 Å². The van der Waals surface area contributed by atoms with Crippen molar-refractivity contribution < 1.29 is 9.53 Å². The van der Waals surface area contributed by atoms with Crippen molar-refractivity contribution in [1.82, 2.24) is 5.32 Å². The molecule has 1 atom stereocenters. The summed E-state index contributed by atoms with van der Waals surface area (Å²) in [5, 5.41) is 3.00. The van der Waals surface area contributed by atoms with Gasteiger partial charge in [-0.2, -0.15) is 0 Å². The summed E-state index contributed by atoms with van der Waals surface area (Å²) in [6, 6.07) is -0.206. The first kappa shape index (κ1) is 15.5. The van der Waals surface area contributed by atoms with Crippen molar-refractivity contribution in [2.45, 2.75) is 77.9 Å². The Kier molecular flexibility index (Phi) is 4.52. The summed E-state index contributed by atoms with van der Waals surface area (Å²) in [6.45, 7) is 9.37. The van der Waals surface area contributed by atoms with Gasteiger partial charge >= 0.3 is 0 Å². The minimum Gasteiger partial charge on any atom is -0.367 e. The summed E-state index contributed by atoms with van der Waals surface area (Å²) in [6.07, 6.45) is 5.92. The van der Waals surface area contributed by atoms with Gasteiger partial charge in [-0.3, -0.25) is 9.79 Å². The van der Waals surface area contributed by atoms with Gasteiger partial charge in [0, 0.05) is 6.61 Å². The smallest absolute Gasteiger partial charge is 0.250 e. The van der Waals surface area contributed by atoms with Gasteiger partial charge in [-0.25, -0.2) is 0 Å². The number of amides is 1. The van der Waals surface area contributed by atoms with Gasteiger partial charge in [0.25, 0.3) is 0 Å². The normalized spacial score (nSPS) is 28.1. The van der Waals surface area contributed by atoms with Crippen molar-refractivity contribution in [3.63, 3.8) is 0 Å². The van der Waals surface area contributed by atoms with Crippen LogP contribution in [0, 0.1) is 5.41 Å². The van der Waals surface area contributed by atoms with E-state index >= 15 is 0 Å². The molecule has 0 bridgehead atoms. The van der Waals surface area contributed by atoms with Crippen LogP contribution in [0.15, 0.2) is 4.99 Å². The Morgan fingerprint density at radius 2 is 1.90 bits per heavy atom. The van der Waals surface area contributed by atoms with E-state index in [1.807, 2.05) is 6.92 Å². The molecule has 1 aliphatic heterocycles. The third-order valence-electron chi connectivity index (χ3n) is 4.65. The van der Waals surface area contributed by atoms with Crippen molar-refractivity contribution in [3.8, 4) is 0 Å². The third-order valence-corrected chi connectivity index (χ3v) is 4.65. The minimum atomic E-state index is -0.359. The quantitative estimate of drug-likeness (QED) is 0.841. The van der Waals surface area contributed by atoms with E-state index < -0.39 is 0 Å². The molecule has 1 heterocycles. The predicted octanol–water partition coefficient (Wildman–Crippen LogP) is 3.06. The molecule has 1 N–H and O–H groups in total. The molecule has 1 unspecified atom stereocenters. The summed E-state index contributed by atoms with van der Waals surface area (Å²) in [4.78, 5) is 16.7. The van der Waals surface area contributed by atoms with E-state index in [-0.39, 0.29) is 17.6 Å². The van der Waals surface area contributed by atoms with Crippen LogP contribution < -0.4 is 5.32 Å². The Morgan fingerprint density at radius 1 is 1.25 bits per heavy atom. The maximum Gasteiger partial charge on any atom is 0.250 e. The summed E-state index contributed by atoms with van der Waals surface area (Å²) in [5.74, 6) is 0.837.